The Morgan fingerprint density at radius 1 is 1.38 bits per heavy atom. The summed E-state index contributed by atoms with van der Waals surface area (Å²) in [5.74, 6) is 0.284. The van der Waals surface area contributed by atoms with Crippen molar-refractivity contribution in [1.82, 2.24) is 4.72 Å². The molecule has 0 fully saturated rings. The molecule has 0 aliphatic heterocycles. The van der Waals surface area contributed by atoms with Gasteiger partial charge in [-0.25, -0.2) is 8.93 Å². The topological polar surface area (TPSA) is 64.6 Å². The SMILES string of the molecule is C=C(C[C@H](NS(=O)C(C)(C)C)C(=O)OCC)c1cccc(OC)c1. The highest BCUT2D eigenvalue weighted by atomic mass is 32.2. The molecule has 24 heavy (non-hydrogen) atoms. The van der Waals surface area contributed by atoms with Crippen LogP contribution in [0.25, 0.3) is 5.57 Å². The number of nitrogens with one attached hydrogen (secondary N) is 1. The number of benzene rings is 1. The summed E-state index contributed by atoms with van der Waals surface area (Å²) in [5.41, 5.74) is 1.61. The van der Waals surface area contributed by atoms with Crippen LogP contribution in [0.2, 0.25) is 0 Å². The van der Waals surface area contributed by atoms with Crippen molar-refractivity contribution in [2.24, 2.45) is 0 Å². The van der Waals surface area contributed by atoms with E-state index in [-0.39, 0.29) is 6.61 Å². The van der Waals surface area contributed by atoms with Gasteiger partial charge in [0, 0.05) is 0 Å². The molecule has 0 saturated carbocycles. The average Bonchev–Trinajstić information content (AvgIpc) is 2.53. The van der Waals surface area contributed by atoms with Crippen molar-refractivity contribution >= 4 is 22.5 Å². The van der Waals surface area contributed by atoms with Crippen molar-refractivity contribution in [3.63, 3.8) is 0 Å². The molecule has 0 aliphatic carbocycles. The van der Waals surface area contributed by atoms with E-state index in [1.807, 2.05) is 45.0 Å². The molecule has 0 saturated heterocycles. The van der Waals surface area contributed by atoms with Crippen molar-refractivity contribution in [2.45, 2.75) is 44.9 Å². The van der Waals surface area contributed by atoms with Crippen LogP contribution in [0, 0.1) is 0 Å². The van der Waals surface area contributed by atoms with Crippen LogP contribution in [-0.4, -0.2) is 34.7 Å². The molecule has 134 valence electrons. The van der Waals surface area contributed by atoms with Crippen molar-refractivity contribution in [3.8, 4) is 5.75 Å². The predicted molar refractivity (Wildman–Crippen MR) is 98.1 cm³/mol. The lowest BCUT2D eigenvalue weighted by atomic mass is 10.0. The summed E-state index contributed by atoms with van der Waals surface area (Å²) in [5, 5.41) is 0. The molecule has 0 bridgehead atoms. The third-order valence-corrected chi connectivity index (χ3v) is 4.92. The Kier molecular flexibility index (Phi) is 7.63. The molecule has 0 radical (unpaired) electrons. The summed E-state index contributed by atoms with van der Waals surface area (Å²) in [6.45, 7) is 11.6. The fourth-order valence-electron chi connectivity index (χ4n) is 1.93. The molecule has 0 heterocycles. The maximum Gasteiger partial charge on any atom is 0.324 e. The first-order chi connectivity index (χ1) is 11.2. The second-order valence-corrected chi connectivity index (χ2v) is 8.34. The second-order valence-electron chi connectivity index (χ2n) is 6.34. The van der Waals surface area contributed by atoms with Gasteiger partial charge in [-0.2, -0.15) is 0 Å². The van der Waals surface area contributed by atoms with Gasteiger partial charge < -0.3 is 9.47 Å². The van der Waals surface area contributed by atoms with Crippen molar-refractivity contribution in [3.05, 3.63) is 36.4 Å². The average molecular weight is 353 g/mol. The number of hydrogen-bond acceptors (Lipinski definition) is 4. The first-order valence-corrected chi connectivity index (χ1v) is 9.01. The molecule has 2 atom stereocenters. The molecule has 0 aromatic heterocycles. The quantitative estimate of drug-likeness (QED) is 0.730. The smallest absolute Gasteiger partial charge is 0.324 e. The van der Waals surface area contributed by atoms with Crippen LogP contribution in [0.15, 0.2) is 30.8 Å². The Balaban J connectivity index is 2.92. The molecule has 1 N–H and O–H groups in total. The molecule has 0 aliphatic rings. The van der Waals surface area contributed by atoms with Gasteiger partial charge in [-0.1, -0.05) is 18.7 Å². The number of carbonyl (C=O) groups is 1. The zero-order valence-corrected chi connectivity index (χ0v) is 15.9. The maximum atomic E-state index is 12.3. The van der Waals surface area contributed by atoms with Gasteiger partial charge >= 0.3 is 5.97 Å². The zero-order chi connectivity index (χ0) is 18.3. The highest BCUT2D eigenvalue weighted by Gasteiger charge is 2.28. The van der Waals surface area contributed by atoms with Crippen molar-refractivity contribution in [2.75, 3.05) is 13.7 Å². The van der Waals surface area contributed by atoms with Crippen LogP contribution in [0.3, 0.4) is 0 Å². The minimum absolute atomic E-state index is 0.269. The lowest BCUT2D eigenvalue weighted by Gasteiger charge is -2.23. The standard InChI is InChI=1S/C18H27NO4S/c1-7-23-17(20)16(19-24(21)18(3,4)5)11-13(2)14-9-8-10-15(12-14)22-6/h8-10,12,16,19H,2,7,11H2,1,3-6H3/t16-,24?/m0/s1. The Bertz CT molecular complexity index is 607. The number of hydrogen-bond donors (Lipinski definition) is 1. The number of methoxy groups -OCH3 is 1. The number of rotatable bonds is 8. The molecule has 1 rings (SSSR count). The molecule has 5 nitrogen and oxygen atoms in total. The first kappa shape index (κ1) is 20.4. The summed E-state index contributed by atoms with van der Waals surface area (Å²) < 4.78 is 25.0. The number of carbonyl (C=O) groups excluding carboxylic acids is 1. The van der Waals surface area contributed by atoms with E-state index < -0.39 is 27.7 Å². The zero-order valence-electron chi connectivity index (χ0n) is 15.0. The van der Waals surface area contributed by atoms with Gasteiger partial charge in [-0.15, -0.1) is 0 Å². The van der Waals surface area contributed by atoms with Crippen LogP contribution in [0.5, 0.6) is 5.75 Å². The largest absolute Gasteiger partial charge is 0.497 e. The maximum absolute atomic E-state index is 12.3. The second kappa shape index (κ2) is 8.99. The lowest BCUT2D eigenvalue weighted by Crippen LogP contribution is -2.44. The van der Waals surface area contributed by atoms with Crippen molar-refractivity contribution < 1.29 is 18.5 Å². The number of ether oxygens (including phenoxy) is 2. The Labute approximate surface area is 147 Å². The third kappa shape index (κ3) is 6.09. The molecule has 1 unspecified atom stereocenters. The lowest BCUT2D eigenvalue weighted by molar-refractivity contribution is -0.144. The minimum Gasteiger partial charge on any atom is -0.497 e. The Hall–Kier alpha value is -1.66. The predicted octanol–water partition coefficient (Wildman–Crippen LogP) is 3.08. The van der Waals surface area contributed by atoms with Crippen LogP contribution in [0.4, 0.5) is 0 Å². The van der Waals surface area contributed by atoms with Gasteiger partial charge in [0.15, 0.2) is 0 Å². The summed E-state index contributed by atoms with van der Waals surface area (Å²) in [4.78, 5) is 12.2. The minimum atomic E-state index is -1.39. The summed E-state index contributed by atoms with van der Waals surface area (Å²) >= 11 is 0. The molecular weight excluding hydrogens is 326 g/mol. The summed E-state index contributed by atoms with van der Waals surface area (Å²) in [6, 6.07) is 6.73. The monoisotopic (exact) mass is 353 g/mol. The van der Waals surface area contributed by atoms with Gasteiger partial charge in [-0.3, -0.25) is 4.79 Å². The van der Waals surface area contributed by atoms with Crippen LogP contribution >= 0.6 is 0 Å². The summed E-state index contributed by atoms with van der Waals surface area (Å²) in [7, 11) is 0.208. The van der Waals surface area contributed by atoms with E-state index in [9.17, 15) is 9.00 Å². The van der Waals surface area contributed by atoms with Crippen LogP contribution < -0.4 is 9.46 Å². The fraction of sp³-hybridized carbons (Fsp3) is 0.500. The van der Waals surface area contributed by atoms with Gasteiger partial charge in [0.25, 0.3) is 0 Å². The number of esters is 1. The van der Waals surface area contributed by atoms with E-state index in [1.54, 1.807) is 14.0 Å². The van der Waals surface area contributed by atoms with E-state index in [0.29, 0.717) is 12.2 Å². The van der Waals surface area contributed by atoms with Gasteiger partial charge in [0.1, 0.15) is 11.8 Å². The molecule has 0 spiro atoms. The van der Waals surface area contributed by atoms with Gasteiger partial charge in [0.05, 0.1) is 29.4 Å². The Morgan fingerprint density at radius 3 is 2.58 bits per heavy atom. The van der Waals surface area contributed by atoms with E-state index in [4.69, 9.17) is 9.47 Å². The van der Waals surface area contributed by atoms with Gasteiger partial charge in [-0.05, 0) is 57.4 Å². The molecule has 1 aromatic rings. The molecule has 0 amide bonds. The van der Waals surface area contributed by atoms with E-state index >= 15 is 0 Å². The third-order valence-electron chi connectivity index (χ3n) is 3.31. The van der Waals surface area contributed by atoms with E-state index in [2.05, 4.69) is 11.3 Å². The highest BCUT2D eigenvalue weighted by molar-refractivity contribution is 7.84. The molecule has 6 heteroatoms. The Morgan fingerprint density at radius 2 is 2.04 bits per heavy atom. The van der Waals surface area contributed by atoms with Crippen LogP contribution in [0.1, 0.15) is 39.7 Å². The fourth-order valence-corrected chi connectivity index (χ4v) is 2.72. The van der Waals surface area contributed by atoms with Crippen LogP contribution in [-0.2, 0) is 20.5 Å². The highest BCUT2D eigenvalue weighted by Crippen LogP contribution is 2.23. The normalized spacial score (nSPS) is 13.9. The van der Waals surface area contributed by atoms with E-state index in [0.717, 1.165) is 11.1 Å². The van der Waals surface area contributed by atoms with Crippen molar-refractivity contribution in [1.29, 1.82) is 0 Å². The van der Waals surface area contributed by atoms with E-state index in [1.165, 1.54) is 0 Å². The first-order valence-electron chi connectivity index (χ1n) is 7.86. The summed E-state index contributed by atoms with van der Waals surface area (Å²) in [6.07, 6.45) is 0.299. The molecular formula is C18H27NO4S. The van der Waals surface area contributed by atoms with Gasteiger partial charge in [0.2, 0.25) is 0 Å². The molecule has 1 aromatic carbocycles.